The molecule has 0 bridgehead atoms. The maximum absolute atomic E-state index is 5.22. The van der Waals surface area contributed by atoms with Crippen molar-refractivity contribution in [3.05, 3.63) is 30.0 Å². The van der Waals surface area contributed by atoms with E-state index in [1.807, 2.05) is 19.1 Å². The van der Waals surface area contributed by atoms with Crippen molar-refractivity contribution in [1.29, 1.82) is 0 Å². The van der Waals surface area contributed by atoms with Crippen LogP contribution in [-0.4, -0.2) is 11.7 Å². The molecule has 1 aromatic carbocycles. The molecule has 0 fully saturated rings. The van der Waals surface area contributed by atoms with E-state index in [9.17, 15) is 0 Å². The van der Waals surface area contributed by atoms with E-state index in [2.05, 4.69) is 27.9 Å². The van der Waals surface area contributed by atoms with E-state index in [0.29, 0.717) is 6.67 Å². The zero-order valence-electron chi connectivity index (χ0n) is 8.09. The second-order valence-electron chi connectivity index (χ2n) is 3.23. The number of aromatic nitrogens is 1. The predicted octanol–water partition coefficient (Wildman–Crippen LogP) is 1.31. The Hall–Kier alpha value is -1.52. The maximum Gasteiger partial charge on any atom is 0.0781 e. The highest BCUT2D eigenvalue weighted by atomic mass is 15.3. The topological polar surface area (TPSA) is 65.9 Å². The van der Waals surface area contributed by atoms with E-state index in [4.69, 9.17) is 5.84 Å². The highest BCUT2D eigenvalue weighted by Gasteiger charge is 2.05. The van der Waals surface area contributed by atoms with Crippen LogP contribution >= 0.6 is 0 Å². The number of benzene rings is 1. The van der Waals surface area contributed by atoms with Gasteiger partial charge in [0.25, 0.3) is 0 Å². The number of aryl methyl sites for hydroxylation is 1. The van der Waals surface area contributed by atoms with Gasteiger partial charge < -0.3 is 10.3 Å². The van der Waals surface area contributed by atoms with Crippen LogP contribution in [0.15, 0.2) is 24.3 Å². The first-order valence-electron chi connectivity index (χ1n) is 4.57. The first-order chi connectivity index (χ1) is 6.83. The number of fused-ring (bicyclic) bond motifs is 1. The number of H-pyrrole nitrogens is 1. The summed E-state index contributed by atoms with van der Waals surface area (Å²) < 4.78 is 0. The highest BCUT2D eigenvalue weighted by molar-refractivity contribution is 5.94. The monoisotopic (exact) mass is 190 g/mol. The number of para-hydroxylation sites is 1. The summed E-state index contributed by atoms with van der Waals surface area (Å²) in [7, 11) is 0. The van der Waals surface area contributed by atoms with Crippen LogP contribution in [0.2, 0.25) is 0 Å². The van der Waals surface area contributed by atoms with Gasteiger partial charge in [0.15, 0.2) is 0 Å². The number of nitrogens with one attached hydrogen (secondary N) is 3. The first-order valence-corrected chi connectivity index (χ1v) is 4.57. The van der Waals surface area contributed by atoms with E-state index in [1.165, 1.54) is 5.39 Å². The Morgan fingerprint density at radius 2 is 2.14 bits per heavy atom. The number of rotatable bonds is 3. The van der Waals surface area contributed by atoms with Gasteiger partial charge >= 0.3 is 0 Å². The molecule has 0 aliphatic rings. The van der Waals surface area contributed by atoms with Gasteiger partial charge in [-0.05, 0) is 13.0 Å². The van der Waals surface area contributed by atoms with Crippen LogP contribution in [0.4, 0.5) is 5.69 Å². The third-order valence-corrected chi connectivity index (χ3v) is 2.26. The summed E-state index contributed by atoms with van der Waals surface area (Å²) in [6.45, 7) is 2.60. The molecule has 74 valence electrons. The molecule has 1 aromatic heterocycles. The molecule has 0 amide bonds. The zero-order valence-corrected chi connectivity index (χ0v) is 8.09. The number of hydrogen-bond acceptors (Lipinski definition) is 3. The normalized spacial score (nSPS) is 10.7. The standard InChI is InChI=1S/C10H14N4/c1-7-10(12-6-13-11)8-4-2-3-5-9(8)14-7/h2-5,12-14H,6,11H2,1H3. The third-order valence-electron chi connectivity index (χ3n) is 2.26. The molecule has 0 radical (unpaired) electrons. The SMILES string of the molecule is Cc1[nH]c2ccccc2c1NCNN. The summed E-state index contributed by atoms with van der Waals surface area (Å²) >= 11 is 0. The lowest BCUT2D eigenvalue weighted by atomic mass is 10.2. The summed E-state index contributed by atoms with van der Waals surface area (Å²) in [5.74, 6) is 5.22. The lowest BCUT2D eigenvalue weighted by Gasteiger charge is -2.04. The fraction of sp³-hybridized carbons (Fsp3) is 0.200. The second-order valence-corrected chi connectivity index (χ2v) is 3.23. The van der Waals surface area contributed by atoms with Crippen molar-refractivity contribution in [3.8, 4) is 0 Å². The van der Waals surface area contributed by atoms with Gasteiger partial charge in [0.1, 0.15) is 0 Å². The molecule has 2 aromatic rings. The van der Waals surface area contributed by atoms with Gasteiger partial charge in [0, 0.05) is 16.6 Å². The minimum atomic E-state index is 0.558. The van der Waals surface area contributed by atoms with Crippen LogP contribution in [0, 0.1) is 6.92 Å². The molecule has 5 N–H and O–H groups in total. The van der Waals surface area contributed by atoms with E-state index in [0.717, 1.165) is 16.9 Å². The van der Waals surface area contributed by atoms with Crippen LogP contribution < -0.4 is 16.6 Å². The lowest BCUT2D eigenvalue weighted by molar-refractivity contribution is 0.790. The van der Waals surface area contributed by atoms with Crippen LogP contribution in [0.1, 0.15) is 5.69 Å². The molecule has 0 atom stereocenters. The van der Waals surface area contributed by atoms with Crippen molar-refractivity contribution in [2.24, 2.45) is 5.84 Å². The summed E-state index contributed by atoms with van der Waals surface area (Å²) in [6.07, 6.45) is 0. The number of nitrogens with two attached hydrogens (primary N) is 1. The quantitative estimate of drug-likeness (QED) is 0.335. The van der Waals surface area contributed by atoms with Gasteiger partial charge in [-0.2, -0.15) is 0 Å². The third kappa shape index (κ3) is 1.45. The van der Waals surface area contributed by atoms with E-state index >= 15 is 0 Å². The highest BCUT2D eigenvalue weighted by Crippen LogP contribution is 2.26. The summed E-state index contributed by atoms with van der Waals surface area (Å²) in [5, 5.41) is 4.41. The lowest BCUT2D eigenvalue weighted by Crippen LogP contribution is -2.28. The van der Waals surface area contributed by atoms with Crippen molar-refractivity contribution in [1.82, 2.24) is 10.4 Å². The Labute approximate surface area is 82.5 Å². The van der Waals surface area contributed by atoms with E-state index < -0.39 is 0 Å². The maximum atomic E-state index is 5.22. The second kappa shape index (κ2) is 3.69. The zero-order chi connectivity index (χ0) is 9.97. The molecule has 2 rings (SSSR count). The molecule has 0 saturated carbocycles. The Balaban J connectivity index is 2.45. The van der Waals surface area contributed by atoms with Gasteiger partial charge in [0.2, 0.25) is 0 Å². The average Bonchev–Trinajstić information content (AvgIpc) is 2.51. The number of anilines is 1. The number of hydrogen-bond donors (Lipinski definition) is 4. The molecular formula is C10H14N4. The average molecular weight is 190 g/mol. The molecular weight excluding hydrogens is 176 g/mol. The van der Waals surface area contributed by atoms with Gasteiger partial charge in [-0.25, -0.2) is 5.43 Å². The molecule has 4 heteroatoms. The summed E-state index contributed by atoms with van der Waals surface area (Å²) in [6, 6.07) is 8.18. The molecule has 14 heavy (non-hydrogen) atoms. The van der Waals surface area contributed by atoms with Crippen LogP contribution in [0.3, 0.4) is 0 Å². The van der Waals surface area contributed by atoms with E-state index in [-0.39, 0.29) is 0 Å². The Morgan fingerprint density at radius 3 is 2.93 bits per heavy atom. The fourth-order valence-electron chi connectivity index (χ4n) is 1.64. The largest absolute Gasteiger partial charge is 0.369 e. The van der Waals surface area contributed by atoms with Gasteiger partial charge in [-0.3, -0.25) is 5.84 Å². The molecule has 4 nitrogen and oxygen atoms in total. The van der Waals surface area contributed by atoms with E-state index in [1.54, 1.807) is 0 Å². The van der Waals surface area contributed by atoms with Gasteiger partial charge in [-0.1, -0.05) is 18.2 Å². The predicted molar refractivity (Wildman–Crippen MR) is 58.8 cm³/mol. The first kappa shape index (κ1) is 9.05. The molecule has 0 saturated heterocycles. The number of hydrazine groups is 1. The minimum absolute atomic E-state index is 0.558. The van der Waals surface area contributed by atoms with Crippen LogP contribution in [0.25, 0.3) is 10.9 Å². The van der Waals surface area contributed by atoms with Crippen LogP contribution in [-0.2, 0) is 0 Å². The van der Waals surface area contributed by atoms with Gasteiger partial charge in [-0.15, -0.1) is 0 Å². The molecule has 0 unspecified atom stereocenters. The molecule has 0 aliphatic carbocycles. The fourth-order valence-corrected chi connectivity index (χ4v) is 1.64. The molecule has 1 heterocycles. The van der Waals surface area contributed by atoms with Crippen molar-refractivity contribution in [3.63, 3.8) is 0 Å². The van der Waals surface area contributed by atoms with Crippen molar-refractivity contribution in [2.75, 3.05) is 12.0 Å². The Morgan fingerprint density at radius 1 is 1.36 bits per heavy atom. The summed E-state index contributed by atoms with van der Waals surface area (Å²) in [4.78, 5) is 3.30. The van der Waals surface area contributed by atoms with Crippen molar-refractivity contribution >= 4 is 16.6 Å². The Bertz CT molecular complexity index is 433. The smallest absolute Gasteiger partial charge is 0.0781 e. The van der Waals surface area contributed by atoms with Crippen LogP contribution in [0.5, 0.6) is 0 Å². The minimum Gasteiger partial charge on any atom is -0.369 e. The molecule has 0 spiro atoms. The summed E-state index contributed by atoms with van der Waals surface area (Å²) in [5.41, 5.74) is 5.95. The van der Waals surface area contributed by atoms with Crippen molar-refractivity contribution < 1.29 is 0 Å². The van der Waals surface area contributed by atoms with Crippen molar-refractivity contribution in [2.45, 2.75) is 6.92 Å². The van der Waals surface area contributed by atoms with Gasteiger partial charge in [0.05, 0.1) is 12.4 Å². The number of aromatic amines is 1. The molecule has 0 aliphatic heterocycles. The Kier molecular flexibility index (Phi) is 2.39.